The molecule has 0 aliphatic carbocycles. The summed E-state index contributed by atoms with van der Waals surface area (Å²) < 4.78 is 3.83. The molecule has 0 bridgehead atoms. The minimum atomic E-state index is -1.26. The number of rotatable bonds is 4. The highest BCUT2D eigenvalue weighted by atomic mass is 32.1. The normalized spacial score (nSPS) is 13.6. The van der Waals surface area contributed by atoms with Crippen LogP contribution in [0.1, 0.15) is 11.3 Å². The molecule has 5 heteroatoms. The summed E-state index contributed by atoms with van der Waals surface area (Å²) in [5.41, 5.74) is 6.67. The van der Waals surface area contributed by atoms with Gasteiger partial charge in [-0.05, 0) is 29.8 Å². The van der Waals surface area contributed by atoms with E-state index in [1.54, 1.807) is 55.8 Å². The molecule has 0 saturated heterocycles. The summed E-state index contributed by atoms with van der Waals surface area (Å²) in [6.07, 6.45) is 1.60. The predicted molar refractivity (Wildman–Crippen MR) is 76.2 cm³/mol. The third-order valence-electron chi connectivity index (χ3n) is 2.90. The molecule has 98 valence electrons. The quantitative estimate of drug-likeness (QED) is 0.835. The highest BCUT2D eigenvalue weighted by Crippen LogP contribution is 2.35. The maximum atomic E-state index is 11.9. The van der Waals surface area contributed by atoms with Crippen molar-refractivity contribution in [2.45, 2.75) is 4.75 Å². The van der Waals surface area contributed by atoms with E-state index in [0.29, 0.717) is 17.0 Å². The zero-order chi connectivity index (χ0) is 13.9. The van der Waals surface area contributed by atoms with Gasteiger partial charge in [0.05, 0.1) is 12.8 Å². The number of hydrogen-bond donors (Lipinski definition) is 2. The number of nitrogens with zero attached hydrogens (tertiary/aromatic N) is 1. The predicted octanol–water partition coefficient (Wildman–Crippen LogP) is 1.75. The smallest absolute Gasteiger partial charge is 0.244 e. The number of carbonyl (C=O) groups is 1. The summed E-state index contributed by atoms with van der Waals surface area (Å²) in [5.74, 6) is 0.129. The number of aromatic nitrogens is 1. The number of carbonyl (C=O) groups excluding carboxylic acids is 1. The monoisotopic (exact) mass is 274 g/mol. The molecule has 1 atom stereocenters. The molecule has 1 aromatic heterocycles. The summed E-state index contributed by atoms with van der Waals surface area (Å²) in [4.78, 5) is 16.0. The summed E-state index contributed by atoms with van der Waals surface area (Å²) in [5, 5.41) is 0. The molecule has 19 heavy (non-hydrogen) atoms. The van der Waals surface area contributed by atoms with Gasteiger partial charge >= 0.3 is 0 Å². The van der Waals surface area contributed by atoms with E-state index in [9.17, 15) is 4.79 Å². The van der Waals surface area contributed by atoms with Gasteiger partial charge in [-0.1, -0.05) is 18.2 Å². The number of primary amides is 1. The Kier molecular flexibility index (Phi) is 3.76. The van der Waals surface area contributed by atoms with E-state index in [1.807, 2.05) is 0 Å². The van der Waals surface area contributed by atoms with Crippen molar-refractivity contribution in [2.24, 2.45) is 5.73 Å². The molecule has 0 saturated carbocycles. The first-order valence-corrected chi connectivity index (χ1v) is 6.12. The van der Waals surface area contributed by atoms with Crippen LogP contribution in [0.15, 0.2) is 48.7 Å². The summed E-state index contributed by atoms with van der Waals surface area (Å²) in [7, 11) is 1.58. The van der Waals surface area contributed by atoms with E-state index in [-0.39, 0.29) is 0 Å². The van der Waals surface area contributed by atoms with Gasteiger partial charge in [-0.3, -0.25) is 9.78 Å². The molecule has 0 fully saturated rings. The molecule has 1 heterocycles. The summed E-state index contributed by atoms with van der Waals surface area (Å²) in [6, 6.07) is 12.3. The Hall–Kier alpha value is -2.01. The van der Waals surface area contributed by atoms with E-state index >= 15 is 0 Å². The molecular formula is C14H14N2O2S. The first kappa shape index (κ1) is 13.4. The van der Waals surface area contributed by atoms with Crippen molar-refractivity contribution in [2.75, 3.05) is 7.11 Å². The van der Waals surface area contributed by atoms with Crippen LogP contribution in [0.3, 0.4) is 0 Å². The fraction of sp³-hybridized carbons (Fsp3) is 0.143. The molecule has 0 aliphatic heterocycles. The van der Waals surface area contributed by atoms with Crippen LogP contribution in [0.5, 0.6) is 5.75 Å². The third kappa shape index (κ3) is 2.42. The van der Waals surface area contributed by atoms with Crippen LogP contribution in [0.25, 0.3) is 0 Å². The average Bonchev–Trinajstić information content (AvgIpc) is 2.47. The highest BCUT2D eigenvalue weighted by Gasteiger charge is 2.38. The second-order valence-electron chi connectivity index (χ2n) is 4.02. The van der Waals surface area contributed by atoms with Gasteiger partial charge in [0, 0.05) is 6.20 Å². The summed E-state index contributed by atoms with van der Waals surface area (Å²) in [6.45, 7) is 0. The van der Waals surface area contributed by atoms with Crippen LogP contribution in [0.2, 0.25) is 0 Å². The SMILES string of the molecule is COc1ccc(C(S)(C(N)=O)c2ccccn2)cc1. The molecule has 1 aromatic carbocycles. The largest absolute Gasteiger partial charge is 0.497 e. The van der Waals surface area contributed by atoms with E-state index in [4.69, 9.17) is 10.5 Å². The van der Waals surface area contributed by atoms with Gasteiger partial charge in [0.1, 0.15) is 5.75 Å². The maximum Gasteiger partial charge on any atom is 0.244 e. The van der Waals surface area contributed by atoms with Gasteiger partial charge in [-0.2, -0.15) is 12.6 Å². The van der Waals surface area contributed by atoms with Crippen LogP contribution < -0.4 is 10.5 Å². The lowest BCUT2D eigenvalue weighted by Gasteiger charge is -2.25. The van der Waals surface area contributed by atoms with E-state index in [1.165, 1.54) is 0 Å². The number of thiol groups is 1. The zero-order valence-corrected chi connectivity index (χ0v) is 11.3. The molecule has 0 spiro atoms. The molecule has 2 aromatic rings. The third-order valence-corrected chi connectivity index (χ3v) is 3.61. The second-order valence-corrected chi connectivity index (χ2v) is 4.69. The fourth-order valence-electron chi connectivity index (χ4n) is 1.83. The number of benzene rings is 1. The van der Waals surface area contributed by atoms with Gasteiger partial charge in [0.15, 0.2) is 4.75 Å². The van der Waals surface area contributed by atoms with Crippen molar-refractivity contribution < 1.29 is 9.53 Å². The van der Waals surface area contributed by atoms with Crippen LogP contribution in [0, 0.1) is 0 Å². The number of methoxy groups -OCH3 is 1. The van der Waals surface area contributed by atoms with Crippen molar-refractivity contribution >= 4 is 18.5 Å². The second kappa shape index (κ2) is 5.32. The summed E-state index contributed by atoms with van der Waals surface area (Å²) >= 11 is 4.48. The molecule has 2 rings (SSSR count). The van der Waals surface area contributed by atoms with E-state index < -0.39 is 10.7 Å². The van der Waals surface area contributed by atoms with Gasteiger partial charge in [0.25, 0.3) is 0 Å². The molecule has 0 aliphatic rings. The Morgan fingerprint density at radius 1 is 1.26 bits per heavy atom. The number of pyridine rings is 1. The first-order chi connectivity index (χ1) is 9.09. The van der Waals surface area contributed by atoms with Crippen molar-refractivity contribution in [1.29, 1.82) is 0 Å². The molecular weight excluding hydrogens is 260 g/mol. The Labute approximate surface area is 117 Å². The topological polar surface area (TPSA) is 65.2 Å². The van der Waals surface area contributed by atoms with Gasteiger partial charge in [0.2, 0.25) is 5.91 Å². The van der Waals surface area contributed by atoms with Gasteiger partial charge in [-0.15, -0.1) is 0 Å². The van der Waals surface area contributed by atoms with Gasteiger partial charge in [-0.25, -0.2) is 0 Å². The molecule has 1 unspecified atom stereocenters. The molecule has 1 amide bonds. The van der Waals surface area contributed by atoms with Crippen molar-refractivity contribution in [3.8, 4) is 5.75 Å². The number of hydrogen-bond acceptors (Lipinski definition) is 4. The Morgan fingerprint density at radius 2 is 1.95 bits per heavy atom. The van der Waals surface area contributed by atoms with Crippen molar-refractivity contribution in [1.82, 2.24) is 4.98 Å². The number of amides is 1. The molecule has 4 nitrogen and oxygen atoms in total. The number of ether oxygens (including phenoxy) is 1. The lowest BCUT2D eigenvalue weighted by molar-refractivity contribution is -0.119. The van der Waals surface area contributed by atoms with Crippen molar-refractivity contribution in [3.05, 3.63) is 59.9 Å². The average molecular weight is 274 g/mol. The Balaban J connectivity index is 2.53. The van der Waals surface area contributed by atoms with Crippen LogP contribution in [0.4, 0.5) is 0 Å². The van der Waals surface area contributed by atoms with Crippen LogP contribution >= 0.6 is 12.6 Å². The lowest BCUT2D eigenvalue weighted by atomic mass is 9.93. The first-order valence-electron chi connectivity index (χ1n) is 5.67. The Bertz CT molecular complexity index is 572. The highest BCUT2D eigenvalue weighted by molar-refractivity contribution is 7.82. The van der Waals surface area contributed by atoms with Crippen LogP contribution in [-0.4, -0.2) is 18.0 Å². The van der Waals surface area contributed by atoms with Gasteiger partial charge < -0.3 is 10.5 Å². The van der Waals surface area contributed by atoms with E-state index in [2.05, 4.69) is 17.6 Å². The lowest BCUT2D eigenvalue weighted by Crippen LogP contribution is -2.38. The maximum absolute atomic E-state index is 11.9. The minimum absolute atomic E-state index is 0.496. The van der Waals surface area contributed by atoms with Crippen molar-refractivity contribution in [3.63, 3.8) is 0 Å². The molecule has 0 radical (unpaired) electrons. The number of nitrogens with two attached hydrogens (primary N) is 1. The zero-order valence-electron chi connectivity index (χ0n) is 10.4. The molecule has 2 N–H and O–H groups in total. The Morgan fingerprint density at radius 3 is 2.42 bits per heavy atom. The standard InChI is InChI=1S/C14H14N2O2S/c1-18-11-7-5-10(6-8-11)14(19,13(15)17)12-4-2-3-9-16-12/h2-9,19H,1H3,(H2,15,17). The van der Waals surface area contributed by atoms with E-state index in [0.717, 1.165) is 0 Å². The fourth-order valence-corrected chi connectivity index (χ4v) is 2.11. The van der Waals surface area contributed by atoms with Crippen LogP contribution in [-0.2, 0) is 9.54 Å². The minimum Gasteiger partial charge on any atom is -0.497 e.